The smallest absolute Gasteiger partial charge is 0.182 e. The van der Waals surface area contributed by atoms with E-state index in [9.17, 15) is 21.0 Å². The van der Waals surface area contributed by atoms with Gasteiger partial charge in [-0.05, 0) is 0 Å². The van der Waals surface area contributed by atoms with Crippen molar-refractivity contribution < 1.29 is 4.74 Å². The number of fused-ring (bicyclic) bond motifs is 2. The van der Waals surface area contributed by atoms with E-state index in [-0.39, 0.29) is 5.92 Å². The van der Waals surface area contributed by atoms with Gasteiger partial charge in [0, 0.05) is 24.9 Å². The first-order chi connectivity index (χ1) is 8.67. The van der Waals surface area contributed by atoms with E-state index in [2.05, 4.69) is 0 Å². The van der Waals surface area contributed by atoms with Gasteiger partial charge in [0.05, 0.1) is 30.9 Å². The van der Waals surface area contributed by atoms with Gasteiger partial charge in [0.2, 0.25) is 0 Å². The van der Waals surface area contributed by atoms with Gasteiger partial charge in [-0.1, -0.05) is 12.2 Å². The van der Waals surface area contributed by atoms with Crippen LogP contribution < -0.4 is 0 Å². The zero-order valence-corrected chi connectivity index (χ0v) is 9.79. The molecule has 0 saturated heterocycles. The van der Waals surface area contributed by atoms with Gasteiger partial charge in [-0.3, -0.25) is 0 Å². The fourth-order valence-electron chi connectivity index (χ4n) is 3.31. The van der Waals surface area contributed by atoms with Crippen LogP contribution in [0.25, 0.3) is 0 Å². The Morgan fingerprint density at radius 1 is 0.944 bits per heavy atom. The Balaban J connectivity index is 2.66. The fraction of sp³-hybridized carbons (Fsp3) is 0.538. The lowest BCUT2D eigenvalue weighted by Crippen LogP contribution is -2.41. The molecule has 2 aliphatic rings. The Bertz CT molecular complexity index is 490. The summed E-state index contributed by atoms with van der Waals surface area (Å²) < 4.78 is 5.09. The Kier molecular flexibility index (Phi) is 2.59. The minimum Gasteiger partial charge on any atom is -0.384 e. The lowest BCUT2D eigenvalue weighted by atomic mass is 9.61. The predicted molar refractivity (Wildman–Crippen MR) is 58.8 cm³/mol. The number of ether oxygens (including phenoxy) is 1. The van der Waals surface area contributed by atoms with Crippen LogP contribution in [-0.2, 0) is 4.74 Å². The van der Waals surface area contributed by atoms with Crippen LogP contribution in [0.4, 0.5) is 0 Å². The Hall–Kier alpha value is -2.34. The van der Waals surface area contributed by atoms with Crippen LogP contribution >= 0.6 is 0 Å². The Labute approximate surface area is 105 Å². The van der Waals surface area contributed by atoms with Gasteiger partial charge in [0.1, 0.15) is 0 Å². The largest absolute Gasteiger partial charge is 0.384 e. The number of hydrogen-bond acceptors (Lipinski definition) is 5. The van der Waals surface area contributed by atoms with E-state index in [4.69, 9.17) is 4.74 Å². The molecule has 1 fully saturated rings. The Morgan fingerprint density at radius 3 is 1.61 bits per heavy atom. The third-order valence-electron chi connectivity index (χ3n) is 4.13. The highest BCUT2D eigenvalue weighted by Gasteiger charge is 2.73. The molecule has 5 nitrogen and oxygen atoms in total. The van der Waals surface area contributed by atoms with Crippen molar-refractivity contribution in [2.24, 2.45) is 28.6 Å². The summed E-state index contributed by atoms with van der Waals surface area (Å²) in [6, 6.07) is 7.71. The average molecular weight is 238 g/mol. The van der Waals surface area contributed by atoms with E-state index in [0.717, 1.165) is 0 Å². The van der Waals surface area contributed by atoms with Gasteiger partial charge in [0.15, 0.2) is 10.8 Å². The maximum absolute atomic E-state index is 9.37. The average Bonchev–Trinajstić information content (AvgIpc) is 2.91. The normalized spacial score (nSPS) is 33.1. The number of methoxy groups -OCH3 is 1. The van der Waals surface area contributed by atoms with Gasteiger partial charge in [-0.2, -0.15) is 21.0 Å². The SMILES string of the molecule is COCC1[C@H]2C=C[C@@H]1C(C#N)(C#N)C2(C#N)C#N. The minimum atomic E-state index is -1.60. The van der Waals surface area contributed by atoms with Crippen molar-refractivity contribution in [3.05, 3.63) is 12.2 Å². The molecule has 2 bridgehead atoms. The summed E-state index contributed by atoms with van der Waals surface area (Å²) in [6.45, 7) is 0.332. The fourth-order valence-corrected chi connectivity index (χ4v) is 3.31. The second-order valence-corrected chi connectivity index (χ2v) is 4.62. The summed E-state index contributed by atoms with van der Waals surface area (Å²) in [5.41, 5.74) is -3.20. The van der Waals surface area contributed by atoms with Crippen molar-refractivity contribution in [2.45, 2.75) is 0 Å². The monoisotopic (exact) mass is 238 g/mol. The zero-order chi connectivity index (χ0) is 13.4. The standard InChI is InChI=1S/C13H10N4O/c1-18-4-9-10-2-3-11(9)13(7-16,8-17)12(10,5-14)6-15/h2-3,9-11H,4H2,1H3/t9?,10-,11+. The van der Waals surface area contributed by atoms with Gasteiger partial charge in [-0.25, -0.2) is 0 Å². The third kappa shape index (κ3) is 1.01. The molecular weight excluding hydrogens is 228 g/mol. The second kappa shape index (κ2) is 3.85. The van der Waals surface area contributed by atoms with Crippen LogP contribution in [-0.4, -0.2) is 13.7 Å². The zero-order valence-electron chi connectivity index (χ0n) is 9.79. The number of nitriles is 4. The first kappa shape index (κ1) is 12.1. The van der Waals surface area contributed by atoms with Crippen molar-refractivity contribution in [2.75, 3.05) is 13.7 Å². The summed E-state index contributed by atoms with van der Waals surface area (Å²) in [7, 11) is 1.53. The molecule has 0 aliphatic heterocycles. The molecule has 0 aromatic heterocycles. The van der Waals surface area contributed by atoms with Crippen LogP contribution in [0, 0.1) is 73.9 Å². The molecule has 88 valence electrons. The summed E-state index contributed by atoms with van der Waals surface area (Å²) >= 11 is 0. The summed E-state index contributed by atoms with van der Waals surface area (Å²) in [6.07, 6.45) is 3.54. The topological polar surface area (TPSA) is 104 Å². The molecule has 5 heteroatoms. The van der Waals surface area contributed by atoms with Crippen LogP contribution in [0.5, 0.6) is 0 Å². The highest BCUT2D eigenvalue weighted by atomic mass is 16.5. The molecule has 0 N–H and O–H groups in total. The quantitative estimate of drug-likeness (QED) is 0.670. The number of allylic oxidation sites excluding steroid dienone is 2. The van der Waals surface area contributed by atoms with Crippen molar-refractivity contribution in [1.29, 1.82) is 21.0 Å². The molecule has 1 saturated carbocycles. The minimum absolute atomic E-state index is 0.159. The van der Waals surface area contributed by atoms with Crippen LogP contribution in [0.2, 0.25) is 0 Å². The third-order valence-corrected chi connectivity index (χ3v) is 4.13. The van der Waals surface area contributed by atoms with Gasteiger partial charge in [0.25, 0.3) is 0 Å². The maximum Gasteiger partial charge on any atom is 0.182 e. The van der Waals surface area contributed by atoms with Crippen molar-refractivity contribution >= 4 is 0 Å². The number of hydrogen-bond donors (Lipinski definition) is 0. The van der Waals surface area contributed by atoms with E-state index in [1.807, 2.05) is 24.3 Å². The molecule has 0 aromatic carbocycles. The van der Waals surface area contributed by atoms with E-state index in [1.165, 1.54) is 7.11 Å². The summed E-state index contributed by atoms with van der Waals surface area (Å²) in [4.78, 5) is 0. The molecule has 2 rings (SSSR count). The highest BCUT2D eigenvalue weighted by molar-refractivity contribution is 5.47. The van der Waals surface area contributed by atoms with E-state index in [1.54, 1.807) is 12.2 Å². The van der Waals surface area contributed by atoms with Crippen molar-refractivity contribution in [3.63, 3.8) is 0 Å². The number of nitrogens with zero attached hydrogens (tertiary/aromatic N) is 4. The maximum atomic E-state index is 9.37. The Morgan fingerprint density at radius 2 is 1.33 bits per heavy atom. The molecule has 1 unspecified atom stereocenters. The molecule has 2 aliphatic carbocycles. The predicted octanol–water partition coefficient (Wildman–Crippen LogP) is 1.13. The highest BCUT2D eigenvalue weighted by Crippen LogP contribution is 2.65. The van der Waals surface area contributed by atoms with E-state index < -0.39 is 22.7 Å². The molecule has 0 spiro atoms. The number of rotatable bonds is 2. The van der Waals surface area contributed by atoms with Gasteiger partial charge >= 0.3 is 0 Å². The van der Waals surface area contributed by atoms with E-state index >= 15 is 0 Å². The van der Waals surface area contributed by atoms with E-state index in [0.29, 0.717) is 6.61 Å². The van der Waals surface area contributed by atoms with Crippen molar-refractivity contribution in [3.8, 4) is 24.3 Å². The molecular formula is C13H10N4O. The molecule has 18 heavy (non-hydrogen) atoms. The lowest BCUT2D eigenvalue weighted by Gasteiger charge is -2.31. The molecule has 3 atom stereocenters. The summed E-state index contributed by atoms with van der Waals surface area (Å²) in [5.74, 6) is -0.998. The second-order valence-electron chi connectivity index (χ2n) is 4.62. The molecule has 0 heterocycles. The van der Waals surface area contributed by atoms with Crippen LogP contribution in [0.1, 0.15) is 0 Å². The summed E-state index contributed by atoms with van der Waals surface area (Å²) in [5, 5.41) is 37.5. The van der Waals surface area contributed by atoms with Crippen LogP contribution in [0.3, 0.4) is 0 Å². The first-order valence-corrected chi connectivity index (χ1v) is 5.49. The molecule has 0 radical (unpaired) electrons. The lowest BCUT2D eigenvalue weighted by molar-refractivity contribution is 0.129. The van der Waals surface area contributed by atoms with Gasteiger partial charge in [-0.15, -0.1) is 0 Å². The molecule has 0 amide bonds. The first-order valence-electron chi connectivity index (χ1n) is 5.49. The van der Waals surface area contributed by atoms with Crippen molar-refractivity contribution in [1.82, 2.24) is 0 Å². The van der Waals surface area contributed by atoms with Crippen LogP contribution in [0.15, 0.2) is 12.2 Å². The molecule has 0 aromatic rings. The van der Waals surface area contributed by atoms with Gasteiger partial charge < -0.3 is 4.74 Å².